The fourth-order valence-corrected chi connectivity index (χ4v) is 2.06. The molecule has 0 bridgehead atoms. The predicted octanol–water partition coefficient (Wildman–Crippen LogP) is -0.619. The van der Waals surface area contributed by atoms with Crippen LogP contribution in [0, 0.1) is 0 Å². The summed E-state index contributed by atoms with van der Waals surface area (Å²) in [5.41, 5.74) is 0. The second-order valence-corrected chi connectivity index (χ2v) is 4.10. The molecule has 1 aliphatic rings. The maximum atomic E-state index is 10.7. The van der Waals surface area contributed by atoms with E-state index in [1.165, 1.54) is 11.2 Å². The topological polar surface area (TPSA) is 72.5 Å². The molecule has 1 rings (SSSR count). The van der Waals surface area contributed by atoms with E-state index in [0.29, 0.717) is 13.1 Å². The number of nitrogens with zero attached hydrogens (tertiary/aromatic N) is 1. The van der Waals surface area contributed by atoms with Crippen molar-refractivity contribution in [1.29, 1.82) is 0 Å². The summed E-state index contributed by atoms with van der Waals surface area (Å²) in [6.07, 6.45) is 1.66. The molecule has 2 atom stereocenters. The summed E-state index contributed by atoms with van der Waals surface area (Å²) in [6.45, 7) is 2.40. The molecule has 0 aliphatic carbocycles. The summed E-state index contributed by atoms with van der Waals surface area (Å²) in [5.74, 6) is -0.108. The Morgan fingerprint density at radius 1 is 1.69 bits per heavy atom. The Bertz CT molecular complexity index is 222. The van der Waals surface area contributed by atoms with Crippen molar-refractivity contribution in [3.05, 3.63) is 0 Å². The molecule has 0 aromatic rings. The van der Waals surface area contributed by atoms with Crippen LogP contribution in [0.25, 0.3) is 0 Å². The van der Waals surface area contributed by atoms with E-state index >= 15 is 0 Å². The summed E-state index contributed by atoms with van der Waals surface area (Å²) in [4.78, 5) is 10.7. The number of hydrogen-bond acceptors (Lipinski definition) is 3. The van der Waals surface area contributed by atoms with Gasteiger partial charge in [0.05, 0.1) is 0 Å². The summed E-state index contributed by atoms with van der Waals surface area (Å²) < 4.78 is 22.5. The minimum absolute atomic E-state index is 0.0239. The van der Waals surface area contributed by atoms with Gasteiger partial charge in [0.1, 0.15) is 0 Å². The molecule has 0 aromatic heterocycles. The van der Waals surface area contributed by atoms with Crippen LogP contribution >= 0.6 is 0 Å². The van der Waals surface area contributed by atoms with Crippen LogP contribution in [0.2, 0.25) is 0 Å². The molecule has 0 radical (unpaired) electrons. The van der Waals surface area contributed by atoms with E-state index in [0.717, 1.165) is 12.8 Å². The summed E-state index contributed by atoms with van der Waals surface area (Å²) in [5, 5.41) is 2.71. The van der Waals surface area contributed by atoms with E-state index in [-0.39, 0.29) is 11.9 Å². The Balaban J connectivity index is 2.41. The Labute approximate surface area is 79.9 Å². The molecule has 0 spiro atoms. The lowest BCUT2D eigenvalue weighted by Crippen LogP contribution is -2.47. The third kappa shape index (κ3) is 3.41. The van der Waals surface area contributed by atoms with Crippen LogP contribution in [0.15, 0.2) is 0 Å². The zero-order chi connectivity index (χ0) is 9.84. The number of carbonyl (C=O) groups is 1. The third-order valence-corrected chi connectivity index (χ3v) is 2.76. The largest absolute Gasteiger partial charge is 0.760 e. The van der Waals surface area contributed by atoms with Crippen molar-refractivity contribution in [1.82, 2.24) is 9.62 Å². The SMILES string of the molecule is CC(=O)NC1CCCN(S(=O)[O-])C1. The molecule has 1 fully saturated rings. The Morgan fingerprint density at radius 3 is 2.92 bits per heavy atom. The van der Waals surface area contributed by atoms with Crippen molar-refractivity contribution in [2.24, 2.45) is 0 Å². The number of piperidine rings is 1. The summed E-state index contributed by atoms with van der Waals surface area (Å²) in [7, 11) is 0. The van der Waals surface area contributed by atoms with E-state index in [1.807, 2.05) is 0 Å². The molecule has 0 aromatic carbocycles. The predicted molar refractivity (Wildman–Crippen MR) is 47.3 cm³/mol. The van der Waals surface area contributed by atoms with Gasteiger partial charge in [0, 0.05) is 37.3 Å². The lowest BCUT2D eigenvalue weighted by Gasteiger charge is -2.33. The standard InChI is InChI=1S/C7H14N2O3S/c1-6(10)8-7-3-2-4-9(5-7)13(11)12/h7H,2-5H2,1H3,(H,8,10)(H,11,12)/p-1. The molecular weight excluding hydrogens is 192 g/mol. The number of amides is 1. The van der Waals surface area contributed by atoms with Gasteiger partial charge in [0.25, 0.3) is 0 Å². The minimum Gasteiger partial charge on any atom is -0.760 e. The van der Waals surface area contributed by atoms with E-state index < -0.39 is 11.3 Å². The lowest BCUT2D eigenvalue weighted by atomic mass is 10.1. The normalized spacial score (nSPS) is 26.8. The number of rotatable bonds is 2. The number of carbonyl (C=O) groups excluding carboxylic acids is 1. The summed E-state index contributed by atoms with van der Waals surface area (Å²) >= 11 is -2.16. The van der Waals surface area contributed by atoms with Crippen LogP contribution in [0.1, 0.15) is 19.8 Å². The zero-order valence-electron chi connectivity index (χ0n) is 7.49. The smallest absolute Gasteiger partial charge is 0.217 e. The zero-order valence-corrected chi connectivity index (χ0v) is 8.30. The highest BCUT2D eigenvalue weighted by Crippen LogP contribution is 2.10. The van der Waals surface area contributed by atoms with Crippen LogP contribution in [-0.4, -0.2) is 38.1 Å². The van der Waals surface area contributed by atoms with Gasteiger partial charge >= 0.3 is 0 Å². The number of nitrogens with one attached hydrogen (secondary N) is 1. The Morgan fingerprint density at radius 2 is 2.38 bits per heavy atom. The van der Waals surface area contributed by atoms with Crippen molar-refractivity contribution < 1.29 is 13.6 Å². The molecule has 6 heteroatoms. The first-order chi connectivity index (χ1) is 6.09. The summed E-state index contributed by atoms with van der Waals surface area (Å²) in [6, 6.07) is -0.0239. The molecule has 0 saturated carbocycles. The maximum absolute atomic E-state index is 10.7. The molecule has 1 aliphatic heterocycles. The highest BCUT2D eigenvalue weighted by molar-refractivity contribution is 7.76. The van der Waals surface area contributed by atoms with Gasteiger partial charge in [-0.3, -0.25) is 9.00 Å². The van der Waals surface area contributed by atoms with Gasteiger partial charge in [-0.1, -0.05) is 0 Å². The minimum atomic E-state index is -2.16. The molecule has 5 nitrogen and oxygen atoms in total. The lowest BCUT2D eigenvalue weighted by molar-refractivity contribution is -0.119. The number of hydrogen-bond donors (Lipinski definition) is 1. The first-order valence-electron chi connectivity index (χ1n) is 4.21. The van der Waals surface area contributed by atoms with Crippen LogP contribution in [0.3, 0.4) is 0 Å². The maximum Gasteiger partial charge on any atom is 0.217 e. The van der Waals surface area contributed by atoms with E-state index in [4.69, 9.17) is 0 Å². The molecule has 13 heavy (non-hydrogen) atoms. The fourth-order valence-electron chi connectivity index (χ4n) is 1.48. The second kappa shape index (κ2) is 4.69. The van der Waals surface area contributed by atoms with Gasteiger partial charge in [-0.25, -0.2) is 4.31 Å². The first-order valence-corrected chi connectivity index (χ1v) is 5.24. The quantitative estimate of drug-likeness (QED) is 0.611. The highest BCUT2D eigenvalue weighted by atomic mass is 32.2. The van der Waals surface area contributed by atoms with E-state index in [2.05, 4.69) is 5.32 Å². The van der Waals surface area contributed by atoms with Gasteiger partial charge in [0.2, 0.25) is 5.91 Å². The first kappa shape index (κ1) is 10.6. The van der Waals surface area contributed by atoms with Crippen LogP contribution in [-0.2, 0) is 16.1 Å². The average molecular weight is 205 g/mol. The third-order valence-electron chi connectivity index (χ3n) is 2.00. The van der Waals surface area contributed by atoms with Crippen LogP contribution < -0.4 is 5.32 Å². The van der Waals surface area contributed by atoms with Crippen LogP contribution in [0.5, 0.6) is 0 Å². The molecule has 76 valence electrons. The highest BCUT2D eigenvalue weighted by Gasteiger charge is 2.20. The van der Waals surface area contributed by atoms with Crippen molar-refractivity contribution in [2.45, 2.75) is 25.8 Å². The average Bonchev–Trinajstić information content (AvgIpc) is 2.03. The van der Waals surface area contributed by atoms with Gasteiger partial charge < -0.3 is 9.87 Å². The van der Waals surface area contributed by atoms with Crippen LogP contribution in [0.4, 0.5) is 0 Å². The van der Waals surface area contributed by atoms with Gasteiger partial charge in [-0.05, 0) is 12.8 Å². The second-order valence-electron chi connectivity index (χ2n) is 3.14. The Hall–Kier alpha value is -0.460. The molecule has 1 amide bonds. The molecule has 1 saturated heterocycles. The van der Waals surface area contributed by atoms with Crippen molar-refractivity contribution in [3.63, 3.8) is 0 Å². The molecule has 2 unspecified atom stereocenters. The van der Waals surface area contributed by atoms with E-state index in [9.17, 15) is 13.6 Å². The van der Waals surface area contributed by atoms with Crippen molar-refractivity contribution >= 4 is 17.2 Å². The molecule has 1 heterocycles. The Kier molecular flexibility index (Phi) is 3.83. The van der Waals surface area contributed by atoms with E-state index in [1.54, 1.807) is 0 Å². The van der Waals surface area contributed by atoms with Gasteiger partial charge in [-0.2, -0.15) is 0 Å². The van der Waals surface area contributed by atoms with Gasteiger partial charge in [-0.15, -0.1) is 0 Å². The molecular formula is C7H13N2O3S-. The van der Waals surface area contributed by atoms with Crippen molar-refractivity contribution in [2.75, 3.05) is 13.1 Å². The monoisotopic (exact) mass is 205 g/mol. The van der Waals surface area contributed by atoms with Crippen molar-refractivity contribution in [3.8, 4) is 0 Å². The van der Waals surface area contributed by atoms with Gasteiger partial charge in [0.15, 0.2) is 0 Å². The molecule has 1 N–H and O–H groups in total. The fraction of sp³-hybridized carbons (Fsp3) is 0.857.